The van der Waals surface area contributed by atoms with Gasteiger partial charge in [0.25, 0.3) is 0 Å². The van der Waals surface area contributed by atoms with E-state index in [4.69, 9.17) is 19.9 Å². The van der Waals surface area contributed by atoms with E-state index in [-0.39, 0.29) is 0 Å². The molecule has 20 heavy (non-hydrogen) atoms. The second-order valence-corrected chi connectivity index (χ2v) is 4.70. The quantitative estimate of drug-likeness (QED) is 0.881. The Hall–Kier alpha value is -1.79. The Morgan fingerprint density at radius 3 is 2.75 bits per heavy atom. The molecule has 0 saturated carbocycles. The summed E-state index contributed by atoms with van der Waals surface area (Å²) in [7, 11) is 1.69. The number of methoxy groups -OCH3 is 1. The van der Waals surface area contributed by atoms with Gasteiger partial charge in [0.05, 0.1) is 17.6 Å². The Labute approximate surface area is 117 Å². The third-order valence-corrected chi connectivity index (χ3v) is 3.38. The Morgan fingerprint density at radius 2 is 2.05 bits per heavy atom. The number of benzene rings is 1. The molecule has 6 nitrogen and oxygen atoms in total. The standard InChI is InChI=1S/C14H19N3O3/c1-18-5-4-17-11-9-13-12(19-6-7-20-13)8-10(11)16-14(17)2-3-15/h8-9H,2-7,15H2,1H3. The van der Waals surface area contributed by atoms with Crippen LogP contribution in [-0.4, -0.2) is 43.0 Å². The van der Waals surface area contributed by atoms with Crippen molar-refractivity contribution in [2.75, 3.05) is 33.5 Å². The summed E-state index contributed by atoms with van der Waals surface area (Å²) in [5.74, 6) is 2.52. The summed E-state index contributed by atoms with van der Waals surface area (Å²) in [6, 6.07) is 3.93. The van der Waals surface area contributed by atoms with Gasteiger partial charge in [-0.05, 0) is 6.54 Å². The van der Waals surface area contributed by atoms with E-state index in [1.54, 1.807) is 7.11 Å². The molecular formula is C14H19N3O3. The van der Waals surface area contributed by atoms with Gasteiger partial charge in [0.15, 0.2) is 11.5 Å². The van der Waals surface area contributed by atoms with Crippen molar-refractivity contribution >= 4 is 11.0 Å². The van der Waals surface area contributed by atoms with Crippen LogP contribution in [0, 0.1) is 0 Å². The largest absolute Gasteiger partial charge is 0.486 e. The summed E-state index contributed by atoms with van der Waals surface area (Å²) in [5, 5.41) is 0. The van der Waals surface area contributed by atoms with Crippen LogP contribution in [0.4, 0.5) is 0 Å². The summed E-state index contributed by atoms with van der Waals surface area (Å²) in [6.45, 7) is 3.13. The average molecular weight is 277 g/mol. The SMILES string of the molecule is COCCn1c(CCN)nc2cc3c(cc21)OCCO3. The molecule has 1 aromatic carbocycles. The van der Waals surface area contributed by atoms with Gasteiger partial charge in [-0.3, -0.25) is 0 Å². The van der Waals surface area contributed by atoms with Gasteiger partial charge in [0.1, 0.15) is 19.0 Å². The minimum absolute atomic E-state index is 0.572. The number of fused-ring (bicyclic) bond motifs is 2. The number of nitrogens with zero attached hydrogens (tertiary/aromatic N) is 2. The molecule has 2 aromatic rings. The van der Waals surface area contributed by atoms with Crippen LogP contribution in [0.2, 0.25) is 0 Å². The maximum absolute atomic E-state index is 5.67. The lowest BCUT2D eigenvalue weighted by atomic mass is 10.2. The van der Waals surface area contributed by atoms with Crippen LogP contribution in [0.25, 0.3) is 11.0 Å². The van der Waals surface area contributed by atoms with Gasteiger partial charge >= 0.3 is 0 Å². The molecule has 2 N–H and O–H groups in total. The van der Waals surface area contributed by atoms with Gasteiger partial charge in [0.2, 0.25) is 0 Å². The van der Waals surface area contributed by atoms with Crippen LogP contribution in [0.5, 0.6) is 11.5 Å². The summed E-state index contributed by atoms with van der Waals surface area (Å²) in [4.78, 5) is 4.66. The second-order valence-electron chi connectivity index (χ2n) is 4.70. The van der Waals surface area contributed by atoms with Crippen molar-refractivity contribution in [3.63, 3.8) is 0 Å². The number of ether oxygens (including phenoxy) is 3. The van der Waals surface area contributed by atoms with Crippen LogP contribution < -0.4 is 15.2 Å². The maximum atomic E-state index is 5.67. The van der Waals surface area contributed by atoms with Gasteiger partial charge in [-0.15, -0.1) is 0 Å². The molecule has 0 spiro atoms. The van der Waals surface area contributed by atoms with Crippen LogP contribution in [0.1, 0.15) is 5.82 Å². The maximum Gasteiger partial charge on any atom is 0.163 e. The number of nitrogens with two attached hydrogens (primary N) is 1. The predicted octanol–water partition coefficient (Wildman–Crippen LogP) is 0.955. The van der Waals surface area contributed by atoms with Crippen molar-refractivity contribution in [1.82, 2.24) is 9.55 Å². The molecule has 6 heteroatoms. The Morgan fingerprint density at radius 1 is 1.30 bits per heavy atom. The van der Waals surface area contributed by atoms with Crippen molar-refractivity contribution in [3.8, 4) is 11.5 Å². The molecule has 0 amide bonds. The summed E-state index contributed by atoms with van der Waals surface area (Å²) in [6.07, 6.45) is 0.741. The van der Waals surface area contributed by atoms with Crippen molar-refractivity contribution in [3.05, 3.63) is 18.0 Å². The van der Waals surface area contributed by atoms with E-state index in [0.29, 0.717) is 26.4 Å². The van der Waals surface area contributed by atoms with Crippen LogP contribution in [0.15, 0.2) is 12.1 Å². The Balaban J connectivity index is 2.08. The van der Waals surface area contributed by atoms with Gasteiger partial charge in [0, 0.05) is 32.2 Å². The Kier molecular flexibility index (Phi) is 3.75. The number of rotatable bonds is 5. The molecule has 0 fully saturated rings. The lowest BCUT2D eigenvalue weighted by Gasteiger charge is -2.18. The summed E-state index contributed by atoms with van der Waals surface area (Å²) >= 11 is 0. The van der Waals surface area contributed by atoms with Crippen molar-refractivity contribution in [2.45, 2.75) is 13.0 Å². The first-order valence-corrected chi connectivity index (χ1v) is 6.81. The summed E-state index contributed by atoms with van der Waals surface area (Å²) < 4.78 is 18.6. The van der Waals surface area contributed by atoms with E-state index in [1.165, 1.54) is 0 Å². The molecule has 0 saturated heterocycles. The molecule has 3 rings (SSSR count). The van der Waals surface area contributed by atoms with Crippen LogP contribution >= 0.6 is 0 Å². The molecule has 1 aliphatic heterocycles. The summed E-state index contributed by atoms with van der Waals surface area (Å²) in [5.41, 5.74) is 7.62. The molecule has 2 heterocycles. The first-order chi connectivity index (χ1) is 9.83. The third-order valence-electron chi connectivity index (χ3n) is 3.38. The van der Waals surface area contributed by atoms with Crippen molar-refractivity contribution in [2.24, 2.45) is 5.73 Å². The molecule has 0 atom stereocenters. The molecule has 0 aliphatic carbocycles. The fraction of sp³-hybridized carbons (Fsp3) is 0.500. The lowest BCUT2D eigenvalue weighted by molar-refractivity contribution is 0.172. The molecule has 0 unspecified atom stereocenters. The number of imidazole rings is 1. The predicted molar refractivity (Wildman–Crippen MR) is 75.4 cm³/mol. The molecule has 0 bridgehead atoms. The van der Waals surface area contributed by atoms with E-state index in [1.807, 2.05) is 12.1 Å². The highest BCUT2D eigenvalue weighted by molar-refractivity contribution is 5.80. The van der Waals surface area contributed by atoms with Gasteiger partial charge in [-0.25, -0.2) is 4.98 Å². The third kappa shape index (κ3) is 2.32. The van der Waals surface area contributed by atoms with Gasteiger partial charge in [-0.1, -0.05) is 0 Å². The minimum atomic E-state index is 0.572. The van der Waals surface area contributed by atoms with E-state index in [2.05, 4.69) is 9.55 Å². The van der Waals surface area contributed by atoms with E-state index in [0.717, 1.165) is 41.3 Å². The first kappa shape index (κ1) is 13.2. The lowest BCUT2D eigenvalue weighted by Crippen LogP contribution is -2.15. The number of hydrogen-bond donors (Lipinski definition) is 1. The minimum Gasteiger partial charge on any atom is -0.486 e. The highest BCUT2D eigenvalue weighted by Gasteiger charge is 2.17. The zero-order valence-corrected chi connectivity index (χ0v) is 11.6. The van der Waals surface area contributed by atoms with E-state index >= 15 is 0 Å². The van der Waals surface area contributed by atoms with Crippen LogP contribution in [-0.2, 0) is 17.7 Å². The van der Waals surface area contributed by atoms with Crippen molar-refractivity contribution in [1.29, 1.82) is 0 Å². The molecule has 1 aromatic heterocycles. The first-order valence-electron chi connectivity index (χ1n) is 6.81. The zero-order valence-electron chi connectivity index (χ0n) is 11.6. The fourth-order valence-electron chi connectivity index (χ4n) is 2.46. The highest BCUT2D eigenvalue weighted by Crippen LogP contribution is 2.34. The highest BCUT2D eigenvalue weighted by atomic mass is 16.6. The van der Waals surface area contributed by atoms with Crippen LogP contribution in [0.3, 0.4) is 0 Å². The monoisotopic (exact) mass is 277 g/mol. The van der Waals surface area contributed by atoms with Gasteiger partial charge in [-0.2, -0.15) is 0 Å². The smallest absolute Gasteiger partial charge is 0.163 e. The number of hydrogen-bond acceptors (Lipinski definition) is 5. The van der Waals surface area contributed by atoms with Crippen molar-refractivity contribution < 1.29 is 14.2 Å². The Bertz CT molecular complexity index is 609. The van der Waals surface area contributed by atoms with E-state index < -0.39 is 0 Å². The zero-order chi connectivity index (χ0) is 13.9. The average Bonchev–Trinajstić information content (AvgIpc) is 2.79. The molecule has 1 aliphatic rings. The topological polar surface area (TPSA) is 71.5 Å². The van der Waals surface area contributed by atoms with Gasteiger partial charge < -0.3 is 24.5 Å². The molecular weight excluding hydrogens is 258 g/mol. The normalized spacial score (nSPS) is 13.9. The molecule has 0 radical (unpaired) electrons. The number of aromatic nitrogens is 2. The second kappa shape index (κ2) is 5.68. The molecule has 108 valence electrons. The fourth-order valence-corrected chi connectivity index (χ4v) is 2.46. The van der Waals surface area contributed by atoms with E-state index in [9.17, 15) is 0 Å².